The minimum Gasteiger partial charge on any atom is -0.481 e. The summed E-state index contributed by atoms with van der Waals surface area (Å²) in [5.74, 6) is 0.901. The van der Waals surface area contributed by atoms with Crippen molar-refractivity contribution in [1.82, 2.24) is 4.90 Å². The average Bonchev–Trinajstić information content (AvgIpc) is 3.32. The molecule has 0 aromatic heterocycles. The van der Waals surface area contributed by atoms with E-state index in [1.54, 1.807) is 0 Å². The van der Waals surface area contributed by atoms with E-state index in [0.717, 1.165) is 30.5 Å². The molecule has 1 aromatic carbocycles. The van der Waals surface area contributed by atoms with E-state index in [9.17, 15) is 9.90 Å². The van der Waals surface area contributed by atoms with Crippen molar-refractivity contribution in [2.75, 3.05) is 13.1 Å². The average molecular weight is 273 g/mol. The Bertz CT molecular complexity index is 437. The van der Waals surface area contributed by atoms with Gasteiger partial charge in [0, 0.05) is 19.1 Å². The van der Waals surface area contributed by atoms with Gasteiger partial charge >= 0.3 is 5.97 Å². The van der Waals surface area contributed by atoms with Crippen LogP contribution in [0.3, 0.4) is 0 Å². The summed E-state index contributed by atoms with van der Waals surface area (Å²) < 4.78 is 0. The van der Waals surface area contributed by atoms with E-state index in [1.807, 2.05) is 18.2 Å². The zero-order valence-electron chi connectivity index (χ0n) is 11.9. The highest BCUT2D eigenvalue weighted by Crippen LogP contribution is 2.38. The summed E-state index contributed by atoms with van der Waals surface area (Å²) in [6.07, 6.45) is 5.47. The van der Waals surface area contributed by atoms with Gasteiger partial charge in [-0.2, -0.15) is 0 Å². The molecule has 0 aliphatic heterocycles. The first-order valence-electron chi connectivity index (χ1n) is 7.73. The van der Waals surface area contributed by atoms with Gasteiger partial charge in [0.1, 0.15) is 0 Å². The Labute approximate surface area is 120 Å². The van der Waals surface area contributed by atoms with Crippen LogP contribution in [-0.4, -0.2) is 29.1 Å². The summed E-state index contributed by atoms with van der Waals surface area (Å²) in [5.41, 5.74) is 1.15. The van der Waals surface area contributed by atoms with Gasteiger partial charge in [-0.15, -0.1) is 0 Å². The number of benzene rings is 1. The van der Waals surface area contributed by atoms with Crippen LogP contribution in [0.5, 0.6) is 0 Å². The molecule has 1 N–H and O–H groups in total. The standard InChI is InChI=1S/C17H23NO2/c19-17(20)10-16(15-4-2-1-3-5-15)18(11-13-6-7-13)12-14-8-9-14/h1-5,13-14,16H,6-12H2,(H,19,20). The summed E-state index contributed by atoms with van der Waals surface area (Å²) in [6, 6.07) is 10.2. The van der Waals surface area contributed by atoms with Gasteiger partial charge in [0.2, 0.25) is 0 Å². The van der Waals surface area contributed by atoms with Gasteiger partial charge < -0.3 is 5.11 Å². The third-order valence-electron chi connectivity index (χ3n) is 4.37. The fourth-order valence-electron chi connectivity index (χ4n) is 2.89. The molecule has 0 spiro atoms. The topological polar surface area (TPSA) is 40.5 Å². The Morgan fingerprint density at radius 2 is 1.65 bits per heavy atom. The lowest BCUT2D eigenvalue weighted by Gasteiger charge is -2.31. The lowest BCUT2D eigenvalue weighted by molar-refractivity contribution is -0.138. The van der Waals surface area contributed by atoms with Crippen LogP contribution < -0.4 is 0 Å². The smallest absolute Gasteiger partial charge is 0.305 e. The molecule has 0 amide bonds. The van der Waals surface area contributed by atoms with E-state index in [1.165, 1.54) is 25.7 Å². The van der Waals surface area contributed by atoms with Crippen molar-refractivity contribution in [2.24, 2.45) is 11.8 Å². The summed E-state index contributed by atoms with van der Waals surface area (Å²) in [4.78, 5) is 13.7. The Hall–Kier alpha value is -1.35. The zero-order chi connectivity index (χ0) is 13.9. The summed E-state index contributed by atoms with van der Waals surface area (Å²) in [7, 11) is 0. The van der Waals surface area contributed by atoms with Crippen LogP contribution in [0, 0.1) is 11.8 Å². The molecule has 0 saturated heterocycles. The zero-order valence-corrected chi connectivity index (χ0v) is 11.9. The fraction of sp³-hybridized carbons (Fsp3) is 0.588. The molecule has 1 atom stereocenters. The van der Waals surface area contributed by atoms with Gasteiger partial charge in [-0.1, -0.05) is 30.3 Å². The number of carbonyl (C=O) groups is 1. The van der Waals surface area contributed by atoms with Crippen LogP contribution in [0.2, 0.25) is 0 Å². The molecule has 3 rings (SSSR count). The highest BCUT2D eigenvalue weighted by Gasteiger charge is 2.33. The van der Waals surface area contributed by atoms with E-state index in [4.69, 9.17) is 0 Å². The molecule has 2 fully saturated rings. The number of carboxylic acids is 1. The van der Waals surface area contributed by atoms with Crippen LogP contribution in [0.15, 0.2) is 30.3 Å². The highest BCUT2D eigenvalue weighted by atomic mass is 16.4. The second-order valence-electron chi connectivity index (χ2n) is 6.36. The first kappa shape index (κ1) is 13.6. The Morgan fingerprint density at radius 3 is 2.10 bits per heavy atom. The predicted octanol–water partition coefficient (Wildman–Crippen LogP) is 3.32. The quantitative estimate of drug-likeness (QED) is 0.790. The van der Waals surface area contributed by atoms with Crippen molar-refractivity contribution in [1.29, 1.82) is 0 Å². The van der Waals surface area contributed by atoms with Crippen LogP contribution in [0.1, 0.15) is 43.7 Å². The molecule has 2 aliphatic carbocycles. The number of carboxylic acid groups (broad SMARTS) is 1. The van der Waals surface area contributed by atoms with Crippen LogP contribution in [0.25, 0.3) is 0 Å². The first-order chi connectivity index (χ1) is 9.72. The van der Waals surface area contributed by atoms with Gasteiger partial charge in [-0.05, 0) is 43.1 Å². The maximum Gasteiger partial charge on any atom is 0.305 e. The molecule has 1 unspecified atom stereocenters. The van der Waals surface area contributed by atoms with Crippen LogP contribution in [-0.2, 0) is 4.79 Å². The molecular weight excluding hydrogens is 250 g/mol. The normalized spacial score (nSPS) is 20.1. The number of aliphatic carboxylic acids is 1. The lowest BCUT2D eigenvalue weighted by Crippen LogP contribution is -2.34. The highest BCUT2D eigenvalue weighted by molar-refractivity contribution is 5.68. The predicted molar refractivity (Wildman–Crippen MR) is 78.5 cm³/mol. The van der Waals surface area contributed by atoms with Crippen molar-refractivity contribution in [2.45, 2.75) is 38.1 Å². The number of nitrogens with zero attached hydrogens (tertiary/aromatic N) is 1. The Morgan fingerprint density at radius 1 is 1.10 bits per heavy atom. The molecule has 20 heavy (non-hydrogen) atoms. The first-order valence-corrected chi connectivity index (χ1v) is 7.73. The van der Waals surface area contributed by atoms with E-state index in [0.29, 0.717) is 0 Å². The molecule has 2 saturated carbocycles. The molecule has 2 aliphatic rings. The molecule has 3 heteroatoms. The van der Waals surface area contributed by atoms with E-state index >= 15 is 0 Å². The number of hydrogen-bond donors (Lipinski definition) is 1. The SMILES string of the molecule is O=C(O)CC(c1ccccc1)N(CC1CC1)CC1CC1. The molecule has 3 nitrogen and oxygen atoms in total. The largest absolute Gasteiger partial charge is 0.481 e. The van der Waals surface area contributed by atoms with Gasteiger partial charge in [0.05, 0.1) is 6.42 Å². The lowest BCUT2D eigenvalue weighted by atomic mass is 10.0. The fourth-order valence-corrected chi connectivity index (χ4v) is 2.89. The molecule has 108 valence electrons. The van der Waals surface area contributed by atoms with Crippen molar-refractivity contribution >= 4 is 5.97 Å². The van der Waals surface area contributed by atoms with Gasteiger partial charge in [0.25, 0.3) is 0 Å². The third-order valence-corrected chi connectivity index (χ3v) is 4.37. The Kier molecular flexibility index (Phi) is 4.06. The molecule has 0 bridgehead atoms. The summed E-state index contributed by atoms with van der Waals surface area (Å²) in [6.45, 7) is 2.15. The molecule has 0 radical (unpaired) electrons. The minimum absolute atomic E-state index is 0.0369. The van der Waals surface area contributed by atoms with Crippen LogP contribution in [0.4, 0.5) is 0 Å². The van der Waals surface area contributed by atoms with Crippen molar-refractivity contribution < 1.29 is 9.90 Å². The summed E-state index contributed by atoms with van der Waals surface area (Å²) >= 11 is 0. The number of hydrogen-bond acceptors (Lipinski definition) is 2. The summed E-state index contributed by atoms with van der Waals surface area (Å²) in [5, 5.41) is 9.27. The minimum atomic E-state index is -0.699. The van der Waals surface area contributed by atoms with Gasteiger partial charge in [0.15, 0.2) is 0 Å². The number of rotatable bonds is 8. The third kappa shape index (κ3) is 3.83. The molecule has 0 heterocycles. The second kappa shape index (κ2) is 5.96. The van der Waals surface area contributed by atoms with Crippen LogP contribution >= 0.6 is 0 Å². The molecular formula is C17H23NO2. The second-order valence-corrected chi connectivity index (χ2v) is 6.36. The van der Waals surface area contributed by atoms with Crippen molar-refractivity contribution in [3.63, 3.8) is 0 Å². The van der Waals surface area contributed by atoms with Crippen molar-refractivity contribution in [3.8, 4) is 0 Å². The van der Waals surface area contributed by atoms with Crippen molar-refractivity contribution in [3.05, 3.63) is 35.9 Å². The van der Waals surface area contributed by atoms with Gasteiger partial charge in [-0.25, -0.2) is 0 Å². The maximum absolute atomic E-state index is 11.3. The van der Waals surface area contributed by atoms with E-state index in [-0.39, 0.29) is 12.5 Å². The Balaban J connectivity index is 1.77. The maximum atomic E-state index is 11.3. The van der Waals surface area contributed by atoms with Gasteiger partial charge in [-0.3, -0.25) is 9.69 Å². The van der Waals surface area contributed by atoms with E-state index < -0.39 is 5.97 Å². The monoisotopic (exact) mass is 273 g/mol. The van der Waals surface area contributed by atoms with E-state index in [2.05, 4.69) is 17.0 Å². The molecule has 1 aromatic rings.